The van der Waals surface area contributed by atoms with Gasteiger partial charge < -0.3 is 5.11 Å². The molecule has 1 fully saturated rings. The first-order chi connectivity index (χ1) is 5.80. The van der Waals surface area contributed by atoms with Gasteiger partial charge in [-0.3, -0.25) is 4.79 Å². The van der Waals surface area contributed by atoms with Crippen molar-refractivity contribution in [2.45, 2.75) is 21.2 Å². The maximum absolute atomic E-state index is 10.9. The van der Waals surface area contributed by atoms with Crippen molar-refractivity contribution in [3.8, 4) is 0 Å². The van der Waals surface area contributed by atoms with Crippen LogP contribution in [0.1, 0.15) is 13.8 Å². The Balaban J connectivity index is 2.70. The monoisotopic (exact) mass is 428 g/mol. The molecule has 5 heteroatoms. The minimum atomic E-state index is -0.689. The van der Waals surface area contributed by atoms with Gasteiger partial charge in [-0.2, -0.15) is 0 Å². The average Bonchev–Trinajstić information content (AvgIpc) is 2.51. The zero-order chi connectivity index (χ0) is 10.4. The van der Waals surface area contributed by atoms with E-state index < -0.39 is 5.97 Å². The Kier molecular flexibility index (Phi) is 3.78. The molecule has 76 valence electrons. The van der Waals surface area contributed by atoms with E-state index in [1.165, 1.54) is 0 Å². The Morgan fingerprint density at radius 3 is 2.23 bits per heavy atom. The highest BCUT2D eigenvalue weighted by Gasteiger charge is 2.65. The average molecular weight is 428 g/mol. The Labute approximate surface area is 110 Å². The molecule has 1 N–H and O–H groups in total. The summed E-state index contributed by atoms with van der Waals surface area (Å²) in [5.41, 5.74) is -0.0873. The first-order valence-corrected chi connectivity index (χ1v) is 6.88. The van der Waals surface area contributed by atoms with E-state index >= 15 is 0 Å². The Bertz CT molecular complexity index is 230. The summed E-state index contributed by atoms with van der Waals surface area (Å²) in [6, 6.07) is 0. The first kappa shape index (κ1) is 12.3. The van der Waals surface area contributed by atoms with Gasteiger partial charge in [-0.15, -0.1) is 11.6 Å². The molecule has 13 heavy (non-hydrogen) atoms. The van der Waals surface area contributed by atoms with Crippen LogP contribution in [-0.2, 0) is 4.79 Å². The molecule has 0 heterocycles. The number of carboxylic acids is 1. The number of carbonyl (C=O) groups is 1. The van der Waals surface area contributed by atoms with Crippen LogP contribution < -0.4 is 0 Å². The van der Waals surface area contributed by atoms with Crippen LogP contribution in [0.3, 0.4) is 0 Å². The van der Waals surface area contributed by atoms with Crippen molar-refractivity contribution in [2.75, 3.05) is 0 Å². The van der Waals surface area contributed by atoms with Gasteiger partial charge in [0.05, 0.1) is 9.30 Å². The van der Waals surface area contributed by atoms with Gasteiger partial charge >= 0.3 is 5.97 Å². The second-order valence-corrected chi connectivity index (χ2v) is 7.93. The fourth-order valence-corrected chi connectivity index (χ4v) is 3.85. The van der Waals surface area contributed by atoms with E-state index in [9.17, 15) is 4.79 Å². The molecule has 0 aromatic heterocycles. The van der Waals surface area contributed by atoms with Crippen LogP contribution in [0, 0.1) is 17.3 Å². The summed E-state index contributed by atoms with van der Waals surface area (Å²) in [4.78, 5) is 10.9. The summed E-state index contributed by atoms with van der Waals surface area (Å²) >= 11 is 10.3. The van der Waals surface area contributed by atoms with Crippen LogP contribution in [0.2, 0.25) is 0 Å². The standard InChI is InChI=1S/C8H11ClI2O2/c1-8(2)3(4(8)7(12)13)5(10)6(9)11/h3-6H,1-2H3,(H,12,13). The van der Waals surface area contributed by atoms with Gasteiger partial charge in [-0.1, -0.05) is 59.0 Å². The summed E-state index contributed by atoms with van der Waals surface area (Å²) in [5, 5.41) is 8.94. The van der Waals surface area contributed by atoms with E-state index in [1.54, 1.807) is 0 Å². The summed E-state index contributed by atoms with van der Waals surface area (Å²) in [6.07, 6.45) is 0. The van der Waals surface area contributed by atoms with Gasteiger partial charge in [-0.25, -0.2) is 0 Å². The number of rotatable bonds is 3. The van der Waals surface area contributed by atoms with Crippen LogP contribution in [0.25, 0.3) is 0 Å². The number of alkyl halides is 3. The first-order valence-electron chi connectivity index (χ1n) is 3.95. The van der Waals surface area contributed by atoms with Crippen molar-refractivity contribution in [3.05, 3.63) is 0 Å². The quantitative estimate of drug-likeness (QED) is 0.554. The van der Waals surface area contributed by atoms with Crippen molar-refractivity contribution >= 4 is 62.8 Å². The molecule has 4 unspecified atom stereocenters. The molecule has 0 aromatic carbocycles. The molecule has 0 amide bonds. The van der Waals surface area contributed by atoms with Crippen LogP contribution in [0.4, 0.5) is 0 Å². The lowest BCUT2D eigenvalue weighted by Gasteiger charge is -2.11. The predicted molar refractivity (Wildman–Crippen MR) is 69.9 cm³/mol. The van der Waals surface area contributed by atoms with E-state index in [0.29, 0.717) is 0 Å². The summed E-state index contributed by atoms with van der Waals surface area (Å²) in [7, 11) is 0. The molecule has 1 aliphatic carbocycles. The predicted octanol–water partition coefficient (Wildman–Crippen LogP) is 3.15. The molecule has 1 aliphatic rings. The molecule has 0 aromatic rings. The Morgan fingerprint density at radius 1 is 1.54 bits per heavy atom. The molecule has 4 atom stereocenters. The zero-order valence-electron chi connectivity index (χ0n) is 7.30. The fourth-order valence-electron chi connectivity index (χ4n) is 1.90. The number of aliphatic carboxylic acids is 1. The van der Waals surface area contributed by atoms with E-state index in [0.717, 1.165) is 0 Å². The topological polar surface area (TPSA) is 37.3 Å². The molecular formula is C8H11ClI2O2. The highest BCUT2D eigenvalue weighted by atomic mass is 127. The maximum Gasteiger partial charge on any atom is 0.307 e. The van der Waals surface area contributed by atoms with E-state index in [1.807, 2.05) is 13.8 Å². The molecule has 1 saturated carbocycles. The summed E-state index contributed by atoms with van der Waals surface area (Å²) in [6.45, 7) is 4.00. The third kappa shape index (κ3) is 2.25. The minimum absolute atomic E-state index is 0.00632. The number of carboxylic acid groups (broad SMARTS) is 1. The van der Waals surface area contributed by atoms with Gasteiger partial charge in [0, 0.05) is 3.92 Å². The van der Waals surface area contributed by atoms with Crippen LogP contribution in [0.5, 0.6) is 0 Å². The lowest BCUT2D eigenvalue weighted by atomic mass is 10.1. The molecule has 0 bridgehead atoms. The second-order valence-electron chi connectivity index (χ2n) is 3.94. The molecule has 0 radical (unpaired) electrons. The third-order valence-corrected chi connectivity index (χ3v) is 7.10. The molecule has 2 nitrogen and oxygen atoms in total. The number of halogens is 3. The minimum Gasteiger partial charge on any atom is -0.481 e. The van der Waals surface area contributed by atoms with E-state index in [2.05, 4.69) is 45.2 Å². The van der Waals surface area contributed by atoms with E-state index in [4.69, 9.17) is 16.7 Å². The third-order valence-electron chi connectivity index (χ3n) is 2.76. The van der Waals surface area contributed by atoms with Crippen LogP contribution >= 0.6 is 56.8 Å². The Morgan fingerprint density at radius 2 is 2.00 bits per heavy atom. The lowest BCUT2D eigenvalue weighted by molar-refractivity contribution is -0.139. The van der Waals surface area contributed by atoms with Gasteiger partial charge in [-0.05, 0) is 11.3 Å². The Hall–Kier alpha value is 1.22. The highest BCUT2D eigenvalue weighted by Crippen LogP contribution is 2.62. The molecule has 0 spiro atoms. The van der Waals surface area contributed by atoms with Crippen LogP contribution in [0.15, 0.2) is 0 Å². The highest BCUT2D eigenvalue weighted by molar-refractivity contribution is 14.1. The summed E-state index contributed by atoms with van der Waals surface area (Å²) < 4.78 is 0.239. The normalized spacial score (nSPS) is 35.2. The fraction of sp³-hybridized carbons (Fsp3) is 0.875. The van der Waals surface area contributed by atoms with Gasteiger partial charge in [0.2, 0.25) is 0 Å². The second kappa shape index (κ2) is 4.00. The van der Waals surface area contributed by atoms with Crippen molar-refractivity contribution in [1.82, 2.24) is 0 Å². The zero-order valence-corrected chi connectivity index (χ0v) is 12.4. The van der Waals surface area contributed by atoms with Gasteiger partial charge in [0.25, 0.3) is 0 Å². The van der Waals surface area contributed by atoms with E-state index in [-0.39, 0.29) is 24.6 Å². The van der Waals surface area contributed by atoms with Gasteiger partial charge in [0.1, 0.15) is 0 Å². The number of hydrogen-bond acceptors (Lipinski definition) is 1. The number of hydrogen-bond donors (Lipinski definition) is 1. The van der Waals surface area contributed by atoms with Crippen molar-refractivity contribution in [2.24, 2.45) is 17.3 Å². The SMILES string of the molecule is CC1(C)C(C(=O)O)C1C(I)C(Cl)I. The smallest absolute Gasteiger partial charge is 0.307 e. The molecule has 0 saturated heterocycles. The summed E-state index contributed by atoms with van der Waals surface area (Å²) in [5.74, 6) is -0.694. The largest absolute Gasteiger partial charge is 0.481 e. The van der Waals surface area contributed by atoms with Crippen molar-refractivity contribution < 1.29 is 9.90 Å². The molecule has 1 rings (SSSR count). The lowest BCUT2D eigenvalue weighted by Crippen LogP contribution is -2.14. The molecule has 0 aliphatic heterocycles. The molecular weight excluding hydrogens is 417 g/mol. The maximum atomic E-state index is 10.9. The van der Waals surface area contributed by atoms with Gasteiger partial charge in [0.15, 0.2) is 0 Å². The van der Waals surface area contributed by atoms with Crippen LogP contribution in [-0.4, -0.2) is 18.4 Å². The van der Waals surface area contributed by atoms with Crippen molar-refractivity contribution in [1.29, 1.82) is 0 Å². The van der Waals surface area contributed by atoms with Crippen molar-refractivity contribution in [3.63, 3.8) is 0 Å².